The van der Waals surface area contributed by atoms with Crippen molar-refractivity contribution < 1.29 is 9.59 Å². The monoisotopic (exact) mass is 340 g/mol. The average Bonchev–Trinajstić information content (AvgIpc) is 3.04. The van der Waals surface area contributed by atoms with Crippen LogP contribution >= 0.6 is 0 Å². The van der Waals surface area contributed by atoms with Crippen molar-refractivity contribution in [1.82, 2.24) is 10.2 Å². The largest absolute Gasteiger partial charge is 0.370 e. The summed E-state index contributed by atoms with van der Waals surface area (Å²) in [4.78, 5) is 30.2. The van der Waals surface area contributed by atoms with Gasteiger partial charge in [-0.05, 0) is 45.1 Å². The van der Waals surface area contributed by atoms with Gasteiger partial charge in [-0.3, -0.25) is 14.6 Å². The molecule has 8 nitrogen and oxygen atoms in total. The van der Waals surface area contributed by atoms with Crippen LogP contribution in [0.4, 0.5) is 0 Å². The molecule has 1 saturated heterocycles. The lowest BCUT2D eigenvalue weighted by Gasteiger charge is -2.24. The Morgan fingerprint density at radius 1 is 1.12 bits per heavy atom. The third kappa shape index (κ3) is 7.63. The number of nitrogens with zero attached hydrogens (tertiary/aromatic N) is 2. The van der Waals surface area contributed by atoms with Crippen LogP contribution in [0.2, 0.25) is 0 Å². The molecule has 2 amide bonds. The highest BCUT2D eigenvalue weighted by Crippen LogP contribution is 2.19. The quantitative estimate of drug-likeness (QED) is 0.231. The minimum absolute atomic E-state index is 0.0513. The van der Waals surface area contributed by atoms with Crippen LogP contribution in [0.15, 0.2) is 4.99 Å². The number of rotatable bonds is 11. The SMILES string of the molecule is NCCCCCC(=O)N1CCCC1C(=O)NCCCCN=C(N)N. The Labute approximate surface area is 144 Å². The van der Waals surface area contributed by atoms with E-state index in [1.54, 1.807) is 4.90 Å². The van der Waals surface area contributed by atoms with Crippen molar-refractivity contribution in [2.75, 3.05) is 26.2 Å². The number of unbranched alkanes of at least 4 members (excludes halogenated alkanes) is 3. The Bertz CT molecular complexity index is 423. The van der Waals surface area contributed by atoms with Gasteiger partial charge in [-0.2, -0.15) is 0 Å². The van der Waals surface area contributed by atoms with Crippen LogP contribution in [0.25, 0.3) is 0 Å². The summed E-state index contributed by atoms with van der Waals surface area (Å²) in [5.74, 6) is 0.118. The fraction of sp³-hybridized carbons (Fsp3) is 0.812. The molecule has 1 aliphatic rings. The zero-order valence-corrected chi connectivity index (χ0v) is 14.5. The summed E-state index contributed by atoms with van der Waals surface area (Å²) < 4.78 is 0. The van der Waals surface area contributed by atoms with Crippen molar-refractivity contribution >= 4 is 17.8 Å². The summed E-state index contributed by atoms with van der Waals surface area (Å²) in [7, 11) is 0. The van der Waals surface area contributed by atoms with E-state index in [9.17, 15) is 9.59 Å². The summed E-state index contributed by atoms with van der Waals surface area (Å²) in [5, 5.41) is 2.91. The number of hydrogen-bond donors (Lipinski definition) is 4. The van der Waals surface area contributed by atoms with Gasteiger partial charge in [0.05, 0.1) is 0 Å². The van der Waals surface area contributed by atoms with E-state index in [2.05, 4.69) is 10.3 Å². The second-order valence-electron chi connectivity index (χ2n) is 6.15. The normalized spacial score (nSPS) is 16.9. The van der Waals surface area contributed by atoms with Crippen molar-refractivity contribution in [3.8, 4) is 0 Å². The molecular weight excluding hydrogens is 308 g/mol. The van der Waals surface area contributed by atoms with Crippen LogP contribution in [0.1, 0.15) is 51.4 Å². The molecule has 1 aliphatic heterocycles. The molecule has 0 aromatic rings. The molecule has 0 aliphatic carbocycles. The lowest BCUT2D eigenvalue weighted by atomic mass is 10.1. The van der Waals surface area contributed by atoms with Crippen LogP contribution in [0.3, 0.4) is 0 Å². The zero-order valence-electron chi connectivity index (χ0n) is 14.5. The predicted molar refractivity (Wildman–Crippen MR) is 95.2 cm³/mol. The van der Waals surface area contributed by atoms with Crippen molar-refractivity contribution in [2.45, 2.75) is 57.4 Å². The Kier molecular flexibility index (Phi) is 9.83. The average molecular weight is 340 g/mol. The summed E-state index contributed by atoms with van der Waals surface area (Å²) >= 11 is 0. The molecule has 7 N–H and O–H groups in total. The van der Waals surface area contributed by atoms with Gasteiger partial charge in [0.2, 0.25) is 11.8 Å². The number of guanidine groups is 1. The molecule has 8 heteroatoms. The first-order valence-corrected chi connectivity index (χ1v) is 8.89. The van der Waals surface area contributed by atoms with E-state index in [0.29, 0.717) is 32.6 Å². The standard InChI is InChI=1S/C16H32N6O2/c17-9-3-1-2-8-14(23)22-12-6-7-13(22)15(24)20-10-4-5-11-21-16(18)19/h13H,1-12,17H2,(H,20,24)(H4,18,19,21). The molecule has 1 rings (SSSR count). The van der Waals surface area contributed by atoms with E-state index in [-0.39, 0.29) is 23.8 Å². The molecule has 1 heterocycles. The molecule has 24 heavy (non-hydrogen) atoms. The first-order valence-electron chi connectivity index (χ1n) is 8.89. The number of carbonyl (C=O) groups is 2. The molecule has 1 unspecified atom stereocenters. The van der Waals surface area contributed by atoms with Gasteiger partial charge in [-0.15, -0.1) is 0 Å². The topological polar surface area (TPSA) is 140 Å². The molecule has 0 radical (unpaired) electrons. The Morgan fingerprint density at radius 3 is 2.62 bits per heavy atom. The molecular formula is C16H32N6O2. The van der Waals surface area contributed by atoms with Gasteiger partial charge in [0.15, 0.2) is 5.96 Å². The van der Waals surface area contributed by atoms with Crippen LogP contribution in [-0.2, 0) is 9.59 Å². The molecule has 138 valence electrons. The molecule has 0 spiro atoms. The number of carbonyl (C=O) groups excluding carboxylic acids is 2. The first kappa shape index (κ1) is 20.2. The number of nitrogens with two attached hydrogens (primary N) is 3. The molecule has 1 fully saturated rings. The number of likely N-dealkylation sites (tertiary alicyclic amines) is 1. The fourth-order valence-corrected chi connectivity index (χ4v) is 2.85. The highest BCUT2D eigenvalue weighted by atomic mass is 16.2. The summed E-state index contributed by atoms with van der Waals surface area (Å²) in [6.07, 6.45) is 6.49. The maximum atomic E-state index is 12.3. The van der Waals surface area contributed by atoms with E-state index in [1.165, 1.54) is 0 Å². The van der Waals surface area contributed by atoms with Gasteiger partial charge in [0.25, 0.3) is 0 Å². The van der Waals surface area contributed by atoms with Gasteiger partial charge in [0.1, 0.15) is 6.04 Å². The van der Waals surface area contributed by atoms with Crippen molar-refractivity contribution in [3.05, 3.63) is 0 Å². The van der Waals surface area contributed by atoms with Crippen LogP contribution < -0.4 is 22.5 Å². The first-order chi connectivity index (χ1) is 11.6. The van der Waals surface area contributed by atoms with E-state index in [1.807, 2.05) is 0 Å². The molecule has 0 bridgehead atoms. The highest BCUT2D eigenvalue weighted by molar-refractivity contribution is 5.88. The van der Waals surface area contributed by atoms with Crippen LogP contribution in [-0.4, -0.2) is 54.9 Å². The maximum Gasteiger partial charge on any atom is 0.242 e. The number of nitrogens with one attached hydrogen (secondary N) is 1. The summed E-state index contributed by atoms with van der Waals surface area (Å²) in [6.45, 7) is 2.48. The maximum absolute atomic E-state index is 12.3. The van der Waals surface area contributed by atoms with E-state index >= 15 is 0 Å². The van der Waals surface area contributed by atoms with Gasteiger partial charge in [-0.25, -0.2) is 0 Å². The highest BCUT2D eigenvalue weighted by Gasteiger charge is 2.33. The fourth-order valence-electron chi connectivity index (χ4n) is 2.85. The summed E-state index contributed by atoms with van der Waals surface area (Å²) in [6, 6.07) is -0.315. The Balaban J connectivity index is 2.26. The van der Waals surface area contributed by atoms with Gasteiger partial charge >= 0.3 is 0 Å². The van der Waals surface area contributed by atoms with E-state index in [4.69, 9.17) is 17.2 Å². The molecule has 0 saturated carbocycles. The summed E-state index contributed by atoms with van der Waals surface area (Å²) in [5.41, 5.74) is 15.9. The Morgan fingerprint density at radius 2 is 1.92 bits per heavy atom. The van der Waals surface area contributed by atoms with Crippen molar-refractivity contribution in [1.29, 1.82) is 0 Å². The molecule has 0 aromatic carbocycles. The lowest BCUT2D eigenvalue weighted by molar-refractivity contribution is -0.138. The second kappa shape index (κ2) is 11.7. The second-order valence-corrected chi connectivity index (χ2v) is 6.15. The van der Waals surface area contributed by atoms with E-state index < -0.39 is 0 Å². The van der Waals surface area contributed by atoms with Crippen LogP contribution in [0.5, 0.6) is 0 Å². The van der Waals surface area contributed by atoms with E-state index in [0.717, 1.165) is 44.9 Å². The lowest BCUT2D eigenvalue weighted by Crippen LogP contribution is -2.46. The minimum Gasteiger partial charge on any atom is -0.370 e. The smallest absolute Gasteiger partial charge is 0.242 e. The zero-order chi connectivity index (χ0) is 17.8. The third-order valence-corrected chi connectivity index (χ3v) is 4.15. The van der Waals surface area contributed by atoms with Gasteiger partial charge in [-0.1, -0.05) is 6.42 Å². The molecule has 0 aromatic heterocycles. The van der Waals surface area contributed by atoms with Crippen molar-refractivity contribution in [2.24, 2.45) is 22.2 Å². The number of hydrogen-bond acceptors (Lipinski definition) is 4. The van der Waals surface area contributed by atoms with Gasteiger partial charge < -0.3 is 27.4 Å². The Hall–Kier alpha value is -1.83. The van der Waals surface area contributed by atoms with Gasteiger partial charge in [0, 0.05) is 26.1 Å². The predicted octanol–water partition coefficient (Wildman–Crippen LogP) is -0.334. The third-order valence-electron chi connectivity index (χ3n) is 4.15. The molecule has 1 atom stereocenters. The minimum atomic E-state index is -0.315. The number of aliphatic imine (C=N–C) groups is 1. The van der Waals surface area contributed by atoms with Crippen LogP contribution in [0, 0.1) is 0 Å². The van der Waals surface area contributed by atoms with Crippen molar-refractivity contribution in [3.63, 3.8) is 0 Å². The number of amides is 2.